The average Bonchev–Trinajstić information content (AvgIpc) is 3.73. The number of aromatic nitrogens is 2. The van der Waals surface area contributed by atoms with Crippen LogP contribution in [0.2, 0.25) is 0 Å². The van der Waals surface area contributed by atoms with E-state index in [2.05, 4.69) is 14.9 Å². The Morgan fingerprint density at radius 2 is 1.76 bits per heavy atom. The lowest BCUT2D eigenvalue weighted by Gasteiger charge is -2.42. The second-order valence-corrected chi connectivity index (χ2v) is 13.3. The molecule has 49 heavy (non-hydrogen) atoms. The summed E-state index contributed by atoms with van der Waals surface area (Å²) in [7, 11) is 1.35. The van der Waals surface area contributed by atoms with Gasteiger partial charge in [-0.3, -0.25) is 9.69 Å². The summed E-state index contributed by atoms with van der Waals surface area (Å²) < 4.78 is 73.9. The molecular weight excluding hydrogens is 645 g/mol. The molecule has 0 spiro atoms. The van der Waals surface area contributed by atoms with Crippen molar-refractivity contribution in [2.24, 2.45) is 0 Å². The summed E-state index contributed by atoms with van der Waals surface area (Å²) in [6.45, 7) is 4.10. The monoisotopic (exact) mass is 683 g/mol. The zero-order valence-corrected chi connectivity index (χ0v) is 27.3. The predicted molar refractivity (Wildman–Crippen MR) is 176 cm³/mol. The Labute approximate surface area is 280 Å². The fraction of sp³-hybridized carbons (Fsp3) is 0.472. The van der Waals surface area contributed by atoms with Gasteiger partial charge in [-0.15, -0.1) is 0 Å². The number of hydrogen-bond acceptors (Lipinski definition) is 7. The van der Waals surface area contributed by atoms with Crippen molar-refractivity contribution in [3.05, 3.63) is 53.8 Å². The Bertz CT molecular complexity index is 1880. The van der Waals surface area contributed by atoms with E-state index in [-0.39, 0.29) is 35.9 Å². The van der Waals surface area contributed by atoms with E-state index in [0.29, 0.717) is 48.6 Å². The Morgan fingerprint density at radius 1 is 1.00 bits per heavy atom. The number of aromatic hydroxyl groups is 1. The fourth-order valence-electron chi connectivity index (χ4n) is 8.24. The van der Waals surface area contributed by atoms with Crippen LogP contribution in [0.1, 0.15) is 44.6 Å². The van der Waals surface area contributed by atoms with E-state index in [1.54, 1.807) is 23.1 Å². The molecular formula is C36H38F5N5O3. The molecule has 0 saturated carbocycles. The molecule has 4 unspecified atom stereocenters. The van der Waals surface area contributed by atoms with E-state index in [9.17, 15) is 27.5 Å². The highest BCUT2D eigenvalue weighted by atomic mass is 19.4. The van der Waals surface area contributed by atoms with Crippen molar-refractivity contribution >= 4 is 33.4 Å². The highest BCUT2D eigenvalue weighted by molar-refractivity contribution is 6.03. The van der Waals surface area contributed by atoms with Crippen LogP contribution in [0.5, 0.6) is 11.8 Å². The minimum atomic E-state index is -4.94. The molecule has 2 bridgehead atoms. The Kier molecular flexibility index (Phi) is 8.74. The van der Waals surface area contributed by atoms with Crippen molar-refractivity contribution in [1.82, 2.24) is 19.8 Å². The first-order valence-corrected chi connectivity index (χ1v) is 16.8. The summed E-state index contributed by atoms with van der Waals surface area (Å²) in [4.78, 5) is 25.8. The molecule has 260 valence electrons. The number of phenolic OH excluding ortho intramolecular Hbond substituents is 1. The number of nitrogens with zero attached hydrogens (tertiary/aromatic N) is 5. The largest absolute Gasteiger partial charge is 0.508 e. The van der Waals surface area contributed by atoms with E-state index in [4.69, 9.17) is 4.74 Å². The molecule has 1 aromatic heterocycles. The summed E-state index contributed by atoms with van der Waals surface area (Å²) in [5.74, 6) is -2.13. The van der Waals surface area contributed by atoms with Gasteiger partial charge in [-0.05, 0) is 85.2 Å². The van der Waals surface area contributed by atoms with E-state index < -0.39 is 36.2 Å². The van der Waals surface area contributed by atoms with Gasteiger partial charge in [0.1, 0.15) is 23.3 Å². The van der Waals surface area contributed by atoms with Crippen LogP contribution < -0.4 is 9.64 Å². The summed E-state index contributed by atoms with van der Waals surface area (Å²) in [6, 6.07) is 11.4. The van der Waals surface area contributed by atoms with Gasteiger partial charge < -0.3 is 19.6 Å². The van der Waals surface area contributed by atoms with Gasteiger partial charge in [-0.1, -0.05) is 31.2 Å². The lowest BCUT2D eigenvalue weighted by atomic mass is 9.92. The minimum Gasteiger partial charge on any atom is -0.508 e. The smallest absolute Gasteiger partial charge is 0.471 e. The third kappa shape index (κ3) is 6.10. The molecule has 4 atom stereocenters. The minimum absolute atomic E-state index is 0.00189. The number of aryl methyl sites for hydroxylation is 1. The van der Waals surface area contributed by atoms with Gasteiger partial charge in [-0.2, -0.15) is 23.1 Å². The molecule has 1 N–H and O–H groups in total. The molecule has 4 fully saturated rings. The summed E-state index contributed by atoms with van der Waals surface area (Å²) in [5, 5.41) is 12.4. The average molecular weight is 684 g/mol. The van der Waals surface area contributed by atoms with Gasteiger partial charge in [0.05, 0.1) is 19.2 Å². The van der Waals surface area contributed by atoms with Gasteiger partial charge in [0.2, 0.25) is 0 Å². The molecule has 4 aliphatic rings. The molecule has 3 aromatic carbocycles. The van der Waals surface area contributed by atoms with Gasteiger partial charge in [0.15, 0.2) is 5.82 Å². The quantitative estimate of drug-likeness (QED) is 0.237. The van der Waals surface area contributed by atoms with E-state index >= 15 is 4.39 Å². The molecule has 1 amide bonds. The summed E-state index contributed by atoms with van der Waals surface area (Å²) >= 11 is 0. The summed E-state index contributed by atoms with van der Waals surface area (Å²) in [6.07, 6.45) is -0.554. The fourth-order valence-corrected chi connectivity index (χ4v) is 8.24. The maximum atomic E-state index is 16.4. The number of rotatable bonds is 4. The Hall–Kier alpha value is -4.26. The van der Waals surface area contributed by atoms with Crippen LogP contribution >= 0.6 is 0 Å². The highest BCUT2D eigenvalue weighted by Gasteiger charge is 2.52. The number of hydrogen-bond donors (Lipinski definition) is 1. The molecule has 8 nitrogen and oxygen atoms in total. The topological polar surface area (TPSA) is 82.0 Å². The number of amides is 1. The van der Waals surface area contributed by atoms with Crippen LogP contribution in [0, 0.1) is 5.82 Å². The number of carbonyl (C=O) groups is 1. The SMILES string of the molecule is CCc1cccc2cc(O)cc(-c3ccc4c(N5CC6CCC(C5)N6C(=O)C(F)(F)F)nc(OC)nc4c3F)c12.FC1CC2CCCN2C1. The summed E-state index contributed by atoms with van der Waals surface area (Å²) in [5.41, 5.74) is 1.74. The van der Waals surface area contributed by atoms with Crippen LogP contribution in [-0.4, -0.2) is 94.5 Å². The maximum absolute atomic E-state index is 16.4. The first kappa shape index (κ1) is 33.2. The number of piperazine rings is 1. The molecule has 5 heterocycles. The second kappa shape index (κ2) is 12.9. The van der Waals surface area contributed by atoms with Gasteiger partial charge in [0.25, 0.3) is 0 Å². The van der Waals surface area contributed by atoms with E-state index in [1.807, 2.05) is 25.1 Å². The van der Waals surface area contributed by atoms with Crippen molar-refractivity contribution < 1.29 is 36.6 Å². The Morgan fingerprint density at radius 3 is 2.43 bits per heavy atom. The lowest BCUT2D eigenvalue weighted by Crippen LogP contribution is -2.59. The van der Waals surface area contributed by atoms with E-state index in [0.717, 1.165) is 34.2 Å². The van der Waals surface area contributed by atoms with Crippen LogP contribution in [0.3, 0.4) is 0 Å². The maximum Gasteiger partial charge on any atom is 0.471 e. The highest BCUT2D eigenvalue weighted by Crippen LogP contribution is 2.41. The number of anilines is 1. The first-order chi connectivity index (χ1) is 23.5. The zero-order chi connectivity index (χ0) is 34.6. The van der Waals surface area contributed by atoms with Crippen molar-refractivity contribution in [2.75, 3.05) is 38.2 Å². The molecule has 4 aromatic rings. The number of halogens is 5. The second-order valence-electron chi connectivity index (χ2n) is 13.3. The normalized spacial score (nSPS) is 23.6. The molecule has 0 radical (unpaired) electrons. The predicted octanol–water partition coefficient (Wildman–Crippen LogP) is 6.80. The first-order valence-electron chi connectivity index (χ1n) is 16.8. The molecule has 8 rings (SSSR count). The lowest BCUT2D eigenvalue weighted by molar-refractivity contribution is -0.188. The van der Waals surface area contributed by atoms with Crippen LogP contribution in [0.15, 0.2) is 42.5 Å². The third-order valence-corrected chi connectivity index (χ3v) is 10.4. The van der Waals surface area contributed by atoms with Crippen molar-refractivity contribution in [3.63, 3.8) is 0 Å². The van der Waals surface area contributed by atoms with Crippen molar-refractivity contribution in [2.45, 2.75) is 75.9 Å². The number of carbonyl (C=O) groups excluding carboxylic acids is 1. The molecule has 13 heteroatoms. The third-order valence-electron chi connectivity index (χ3n) is 10.4. The van der Waals surface area contributed by atoms with Crippen LogP contribution in [0.25, 0.3) is 32.8 Å². The number of ether oxygens (including phenoxy) is 1. The van der Waals surface area contributed by atoms with Gasteiger partial charge >= 0.3 is 18.1 Å². The number of benzene rings is 3. The van der Waals surface area contributed by atoms with Crippen LogP contribution in [0.4, 0.5) is 27.8 Å². The number of fused-ring (bicyclic) bond motifs is 5. The standard InChI is InChI=1S/C29H26F4N4O3.C7H12FN/c1-3-15-5-4-6-16-11-19(38)12-22(23(15)16)20-9-10-21-25(24(20)30)34-28(40-2)35-26(21)36-13-17-7-8-18(14-36)37(17)27(39)29(31,32)33;8-6-4-7-2-1-3-9(7)5-6/h4-6,9-12,17-18,38H,3,7-8,13-14H2,1-2H3;6-7H,1-5H2. The number of phenols is 1. The molecule has 4 aliphatic heterocycles. The zero-order valence-electron chi connectivity index (χ0n) is 27.3. The number of alkyl halides is 4. The number of methoxy groups -OCH3 is 1. The molecule has 4 saturated heterocycles. The van der Waals surface area contributed by atoms with Crippen LogP contribution in [-0.2, 0) is 11.2 Å². The van der Waals surface area contributed by atoms with E-state index in [1.165, 1.54) is 26.0 Å². The molecule has 0 aliphatic carbocycles. The van der Waals surface area contributed by atoms with Crippen molar-refractivity contribution in [1.29, 1.82) is 0 Å². The Balaban J connectivity index is 0.000000361. The van der Waals surface area contributed by atoms with Gasteiger partial charge in [-0.25, -0.2) is 8.78 Å². The van der Waals surface area contributed by atoms with Crippen molar-refractivity contribution in [3.8, 4) is 22.9 Å². The van der Waals surface area contributed by atoms with Gasteiger partial charge in [0, 0.05) is 36.6 Å².